The summed E-state index contributed by atoms with van der Waals surface area (Å²) in [6, 6.07) is 7.55. The highest BCUT2D eigenvalue weighted by atomic mass is 16.5. The molecule has 0 fully saturated rings. The summed E-state index contributed by atoms with van der Waals surface area (Å²) in [4.78, 5) is 22.3. The van der Waals surface area contributed by atoms with Crippen LogP contribution in [0.15, 0.2) is 30.6 Å². The minimum atomic E-state index is -0.310. The molecule has 1 aliphatic rings. The molecule has 2 heterocycles. The van der Waals surface area contributed by atoms with Gasteiger partial charge in [0.2, 0.25) is 0 Å². The maximum absolute atomic E-state index is 11.6. The predicted octanol–water partition coefficient (Wildman–Crippen LogP) is 1.23. The van der Waals surface area contributed by atoms with Crippen LogP contribution in [0.2, 0.25) is 0 Å². The number of ether oxygens (including phenoxy) is 1. The van der Waals surface area contributed by atoms with E-state index in [0.717, 1.165) is 25.3 Å². The zero-order chi connectivity index (χ0) is 16.9. The van der Waals surface area contributed by atoms with Crippen molar-refractivity contribution in [1.82, 2.24) is 9.97 Å². The molecule has 1 aromatic heterocycles. The van der Waals surface area contributed by atoms with Gasteiger partial charge in [0.1, 0.15) is 18.0 Å². The second kappa shape index (κ2) is 7.27. The van der Waals surface area contributed by atoms with Gasteiger partial charge in [-0.05, 0) is 29.7 Å². The van der Waals surface area contributed by atoms with E-state index in [1.165, 1.54) is 24.6 Å². The van der Waals surface area contributed by atoms with Crippen LogP contribution in [-0.4, -0.2) is 47.8 Å². The second-order valence-electron chi connectivity index (χ2n) is 5.56. The first kappa shape index (κ1) is 16.2. The Morgan fingerprint density at radius 1 is 1.33 bits per heavy atom. The topological polar surface area (TPSA) is 87.6 Å². The van der Waals surface area contributed by atoms with Gasteiger partial charge in [0, 0.05) is 25.7 Å². The van der Waals surface area contributed by atoms with Gasteiger partial charge >= 0.3 is 5.97 Å². The minimum absolute atomic E-state index is 0.0545. The van der Waals surface area contributed by atoms with Crippen molar-refractivity contribution in [3.63, 3.8) is 0 Å². The fourth-order valence-corrected chi connectivity index (χ4v) is 2.79. The molecule has 2 aromatic rings. The third-order valence-electron chi connectivity index (χ3n) is 4.03. The van der Waals surface area contributed by atoms with Crippen molar-refractivity contribution in [2.75, 3.05) is 37.0 Å². The zero-order valence-corrected chi connectivity index (χ0v) is 13.5. The van der Waals surface area contributed by atoms with Crippen LogP contribution in [0, 0.1) is 0 Å². The summed E-state index contributed by atoms with van der Waals surface area (Å²) < 4.78 is 4.77. The van der Waals surface area contributed by atoms with Gasteiger partial charge < -0.3 is 20.1 Å². The molecule has 0 bridgehead atoms. The molecule has 3 rings (SSSR count). The highest BCUT2D eigenvalue weighted by Crippen LogP contribution is 2.25. The number of methoxy groups -OCH3 is 1. The van der Waals surface area contributed by atoms with E-state index < -0.39 is 0 Å². The molecule has 0 atom stereocenters. The normalized spacial score (nSPS) is 13.3. The highest BCUT2D eigenvalue weighted by Gasteiger charge is 2.19. The van der Waals surface area contributed by atoms with Crippen LogP contribution in [0.25, 0.3) is 0 Å². The molecule has 1 aliphatic heterocycles. The number of carbonyl (C=O) groups excluding carboxylic acids is 1. The van der Waals surface area contributed by atoms with E-state index in [1.807, 2.05) is 18.2 Å². The SMILES string of the molecule is COC(=O)c1ccc2c(c1)CCN(c1cc(NCCO)ncn1)C2. The number of hydrogen-bond acceptors (Lipinski definition) is 7. The van der Waals surface area contributed by atoms with Crippen molar-refractivity contribution < 1.29 is 14.6 Å². The van der Waals surface area contributed by atoms with Crippen molar-refractivity contribution in [1.29, 1.82) is 0 Å². The molecule has 1 aromatic carbocycles. The van der Waals surface area contributed by atoms with Gasteiger partial charge in [0.05, 0.1) is 19.3 Å². The number of aliphatic hydroxyl groups excluding tert-OH is 1. The molecule has 0 saturated heterocycles. The fourth-order valence-electron chi connectivity index (χ4n) is 2.79. The third-order valence-corrected chi connectivity index (χ3v) is 4.03. The van der Waals surface area contributed by atoms with Crippen LogP contribution >= 0.6 is 0 Å². The average Bonchev–Trinajstić information content (AvgIpc) is 2.65. The zero-order valence-electron chi connectivity index (χ0n) is 13.5. The Labute approximate surface area is 140 Å². The molecule has 126 valence electrons. The summed E-state index contributed by atoms with van der Waals surface area (Å²) in [6.07, 6.45) is 2.36. The lowest BCUT2D eigenvalue weighted by Gasteiger charge is -2.30. The first-order valence-corrected chi connectivity index (χ1v) is 7.83. The van der Waals surface area contributed by atoms with Crippen LogP contribution in [0.4, 0.5) is 11.6 Å². The number of nitrogens with zero attached hydrogens (tertiary/aromatic N) is 3. The van der Waals surface area contributed by atoms with Crippen molar-refractivity contribution >= 4 is 17.6 Å². The van der Waals surface area contributed by atoms with Crippen molar-refractivity contribution in [3.05, 3.63) is 47.3 Å². The van der Waals surface area contributed by atoms with Crippen LogP contribution in [0.3, 0.4) is 0 Å². The molecule has 0 radical (unpaired) electrons. The number of carbonyl (C=O) groups is 1. The summed E-state index contributed by atoms with van der Waals surface area (Å²) >= 11 is 0. The number of benzene rings is 1. The minimum Gasteiger partial charge on any atom is -0.465 e. The third kappa shape index (κ3) is 3.46. The molecule has 0 unspecified atom stereocenters. The summed E-state index contributed by atoms with van der Waals surface area (Å²) in [5, 5.41) is 11.9. The molecule has 24 heavy (non-hydrogen) atoms. The van der Waals surface area contributed by atoms with Gasteiger partial charge in [-0.15, -0.1) is 0 Å². The Balaban J connectivity index is 1.76. The standard InChI is InChI=1S/C17H20N4O3/c1-24-17(23)13-2-3-14-10-21(6-4-12(14)8-13)16-9-15(18-5-7-22)19-11-20-16/h2-3,8-9,11,22H,4-7,10H2,1H3,(H,18,19,20). The van der Waals surface area contributed by atoms with Gasteiger partial charge in [-0.1, -0.05) is 6.07 Å². The quantitative estimate of drug-likeness (QED) is 0.798. The van der Waals surface area contributed by atoms with E-state index in [1.54, 1.807) is 6.07 Å². The van der Waals surface area contributed by atoms with Gasteiger partial charge in [0.25, 0.3) is 0 Å². The summed E-state index contributed by atoms with van der Waals surface area (Å²) in [5.41, 5.74) is 2.93. The van der Waals surface area contributed by atoms with Crippen molar-refractivity contribution in [2.45, 2.75) is 13.0 Å². The monoisotopic (exact) mass is 328 g/mol. The number of aromatic nitrogens is 2. The molecule has 7 nitrogen and oxygen atoms in total. The number of fused-ring (bicyclic) bond motifs is 1. The van der Waals surface area contributed by atoms with Crippen molar-refractivity contribution in [3.8, 4) is 0 Å². The first-order valence-electron chi connectivity index (χ1n) is 7.83. The number of aliphatic hydroxyl groups is 1. The lowest BCUT2D eigenvalue weighted by molar-refractivity contribution is 0.0600. The van der Waals surface area contributed by atoms with Crippen LogP contribution in [-0.2, 0) is 17.7 Å². The van der Waals surface area contributed by atoms with E-state index in [-0.39, 0.29) is 12.6 Å². The molecule has 0 amide bonds. The Bertz CT molecular complexity index is 736. The van der Waals surface area contributed by atoms with E-state index in [4.69, 9.17) is 9.84 Å². The Morgan fingerprint density at radius 2 is 2.21 bits per heavy atom. The molecule has 0 spiro atoms. The number of hydrogen-bond donors (Lipinski definition) is 2. The molecule has 2 N–H and O–H groups in total. The number of rotatable bonds is 5. The molecule has 0 aliphatic carbocycles. The predicted molar refractivity (Wildman–Crippen MR) is 90.1 cm³/mol. The maximum Gasteiger partial charge on any atom is 0.337 e. The fraction of sp³-hybridized carbons (Fsp3) is 0.353. The summed E-state index contributed by atoms with van der Waals surface area (Å²) in [7, 11) is 1.39. The maximum atomic E-state index is 11.6. The van der Waals surface area contributed by atoms with Gasteiger partial charge in [0.15, 0.2) is 0 Å². The van der Waals surface area contributed by atoms with Gasteiger partial charge in [-0.25, -0.2) is 14.8 Å². The number of esters is 1. The average molecular weight is 328 g/mol. The molecule has 7 heteroatoms. The Kier molecular flexibility index (Phi) is 4.90. The first-order chi connectivity index (χ1) is 11.7. The summed E-state index contributed by atoms with van der Waals surface area (Å²) in [6.45, 7) is 2.05. The van der Waals surface area contributed by atoms with E-state index in [9.17, 15) is 4.79 Å². The Hall–Kier alpha value is -2.67. The smallest absolute Gasteiger partial charge is 0.337 e. The molecule has 0 saturated carbocycles. The summed E-state index contributed by atoms with van der Waals surface area (Å²) in [5.74, 6) is 1.23. The van der Waals surface area contributed by atoms with Crippen LogP contribution in [0.5, 0.6) is 0 Å². The second-order valence-corrected chi connectivity index (χ2v) is 5.56. The lowest BCUT2D eigenvalue weighted by atomic mass is 9.97. The molecular weight excluding hydrogens is 308 g/mol. The number of anilines is 2. The van der Waals surface area contributed by atoms with E-state index >= 15 is 0 Å². The lowest BCUT2D eigenvalue weighted by Crippen LogP contribution is -2.31. The van der Waals surface area contributed by atoms with E-state index in [2.05, 4.69) is 20.2 Å². The van der Waals surface area contributed by atoms with Crippen LogP contribution < -0.4 is 10.2 Å². The highest BCUT2D eigenvalue weighted by molar-refractivity contribution is 5.89. The molecular formula is C17H20N4O3. The number of nitrogens with one attached hydrogen (secondary N) is 1. The van der Waals surface area contributed by atoms with Gasteiger partial charge in [-0.2, -0.15) is 0 Å². The van der Waals surface area contributed by atoms with Crippen LogP contribution in [0.1, 0.15) is 21.5 Å². The van der Waals surface area contributed by atoms with Crippen molar-refractivity contribution in [2.24, 2.45) is 0 Å². The van der Waals surface area contributed by atoms with E-state index in [0.29, 0.717) is 17.9 Å². The van der Waals surface area contributed by atoms with Gasteiger partial charge in [-0.3, -0.25) is 0 Å². The Morgan fingerprint density at radius 3 is 3.00 bits per heavy atom. The largest absolute Gasteiger partial charge is 0.465 e.